The van der Waals surface area contributed by atoms with Gasteiger partial charge in [0.05, 0.1) is 64.0 Å². The molecular weight excluding hydrogens is 738 g/mol. The van der Waals surface area contributed by atoms with Crippen LogP contribution in [-0.2, 0) is 33.3 Å². The first-order valence-corrected chi connectivity index (χ1v) is 19.7. The first-order chi connectivity index (χ1) is 27.7. The van der Waals surface area contributed by atoms with Crippen molar-refractivity contribution in [2.24, 2.45) is 0 Å². The van der Waals surface area contributed by atoms with Crippen molar-refractivity contribution >= 4 is 46.8 Å². The molecule has 0 aromatic heterocycles. The number of nitrogens with one attached hydrogen (secondary N) is 4. The maximum atomic E-state index is 13.2. The van der Waals surface area contributed by atoms with Crippen molar-refractivity contribution in [2.45, 2.75) is 38.1 Å². The molecule has 5 rings (SSSR count). The number of amides is 6. The van der Waals surface area contributed by atoms with Gasteiger partial charge in [-0.3, -0.25) is 39.0 Å². The monoisotopic (exact) mass is 793 g/mol. The molecule has 310 valence electrons. The SMILES string of the molecule is CN(CCCNC(=O)CCOCCOCCOCCOCCNc1cccc2c1C(=O)N(C1CCC(=O)NC1=O)C2=O)C(=O)c1ccc(N2CCCNCC2)cc1. The van der Waals surface area contributed by atoms with Gasteiger partial charge >= 0.3 is 0 Å². The Hall–Kier alpha value is -4.94. The number of anilines is 2. The van der Waals surface area contributed by atoms with Crippen LogP contribution in [0.1, 0.15) is 63.2 Å². The Bertz CT molecular complexity index is 1680. The summed E-state index contributed by atoms with van der Waals surface area (Å²) >= 11 is 0. The van der Waals surface area contributed by atoms with E-state index in [1.165, 1.54) is 0 Å². The van der Waals surface area contributed by atoms with Gasteiger partial charge in [-0.15, -0.1) is 0 Å². The van der Waals surface area contributed by atoms with E-state index < -0.39 is 29.7 Å². The van der Waals surface area contributed by atoms with Crippen molar-refractivity contribution in [3.05, 3.63) is 59.2 Å². The third kappa shape index (κ3) is 12.8. The van der Waals surface area contributed by atoms with E-state index in [0.717, 1.165) is 43.2 Å². The summed E-state index contributed by atoms with van der Waals surface area (Å²) in [7, 11) is 1.77. The van der Waals surface area contributed by atoms with Crippen LogP contribution >= 0.6 is 0 Å². The molecule has 57 heavy (non-hydrogen) atoms. The molecule has 6 amide bonds. The van der Waals surface area contributed by atoms with Crippen molar-refractivity contribution in [1.82, 2.24) is 25.8 Å². The molecule has 0 bridgehead atoms. The van der Waals surface area contributed by atoms with Gasteiger partial charge in [0, 0.05) is 76.1 Å². The minimum Gasteiger partial charge on any atom is -0.382 e. The molecule has 2 aromatic carbocycles. The zero-order valence-corrected chi connectivity index (χ0v) is 32.7. The predicted octanol–water partition coefficient (Wildman–Crippen LogP) is 1.03. The van der Waals surface area contributed by atoms with Crippen LogP contribution < -0.4 is 26.2 Å². The molecule has 17 heteroatoms. The molecule has 0 aliphatic carbocycles. The molecule has 3 heterocycles. The van der Waals surface area contributed by atoms with Gasteiger partial charge in [-0.1, -0.05) is 6.07 Å². The van der Waals surface area contributed by atoms with E-state index in [1.54, 1.807) is 30.1 Å². The minimum atomic E-state index is -1.02. The van der Waals surface area contributed by atoms with Crippen LogP contribution in [-0.4, -0.2) is 157 Å². The molecule has 2 aromatic rings. The normalized spacial score (nSPS) is 17.0. The van der Waals surface area contributed by atoms with Crippen molar-refractivity contribution in [3.8, 4) is 0 Å². The number of rotatable bonds is 23. The number of fused-ring (bicyclic) bond motifs is 1. The summed E-state index contributed by atoms with van der Waals surface area (Å²) in [6.45, 7) is 8.11. The maximum Gasteiger partial charge on any atom is 0.264 e. The fraction of sp³-hybridized carbons (Fsp3) is 0.550. The number of imide groups is 2. The lowest BCUT2D eigenvalue weighted by Crippen LogP contribution is -2.54. The Labute approximate surface area is 333 Å². The number of hydrogen-bond acceptors (Lipinski definition) is 13. The highest BCUT2D eigenvalue weighted by atomic mass is 16.6. The average molecular weight is 794 g/mol. The average Bonchev–Trinajstić information content (AvgIpc) is 3.35. The van der Waals surface area contributed by atoms with E-state index in [9.17, 15) is 28.8 Å². The van der Waals surface area contributed by atoms with E-state index in [-0.39, 0.29) is 48.8 Å². The fourth-order valence-corrected chi connectivity index (χ4v) is 6.72. The zero-order chi connectivity index (χ0) is 40.4. The number of piperidine rings is 1. The summed E-state index contributed by atoms with van der Waals surface area (Å²) in [5, 5.41) is 11.6. The lowest BCUT2D eigenvalue weighted by molar-refractivity contribution is -0.136. The lowest BCUT2D eigenvalue weighted by Gasteiger charge is -2.27. The summed E-state index contributed by atoms with van der Waals surface area (Å²) in [5.74, 6) is -2.35. The Morgan fingerprint density at radius 1 is 0.825 bits per heavy atom. The minimum absolute atomic E-state index is 0.0409. The molecule has 17 nitrogen and oxygen atoms in total. The van der Waals surface area contributed by atoms with Crippen LogP contribution in [0.5, 0.6) is 0 Å². The van der Waals surface area contributed by atoms with Gasteiger partial charge < -0.3 is 44.7 Å². The van der Waals surface area contributed by atoms with Gasteiger partial charge in [-0.05, 0) is 62.2 Å². The molecule has 0 saturated carbocycles. The first-order valence-electron chi connectivity index (χ1n) is 19.7. The molecule has 2 fully saturated rings. The van der Waals surface area contributed by atoms with Gasteiger partial charge in [-0.25, -0.2) is 0 Å². The van der Waals surface area contributed by atoms with E-state index in [2.05, 4.69) is 26.2 Å². The third-order valence-corrected chi connectivity index (χ3v) is 9.78. The number of benzene rings is 2. The highest BCUT2D eigenvalue weighted by Gasteiger charge is 2.45. The van der Waals surface area contributed by atoms with E-state index in [0.29, 0.717) is 83.6 Å². The number of ether oxygens (including phenoxy) is 4. The molecule has 4 N–H and O–H groups in total. The topological polar surface area (TPSA) is 197 Å². The quantitative estimate of drug-likeness (QED) is 0.0921. The van der Waals surface area contributed by atoms with Crippen LogP contribution in [0.25, 0.3) is 0 Å². The Morgan fingerprint density at radius 2 is 1.53 bits per heavy atom. The molecule has 3 aliphatic heterocycles. The Kier molecular flexibility index (Phi) is 17.2. The second kappa shape index (κ2) is 22.7. The predicted molar refractivity (Wildman–Crippen MR) is 210 cm³/mol. The van der Waals surface area contributed by atoms with Gasteiger partial charge in [0.15, 0.2) is 0 Å². The van der Waals surface area contributed by atoms with Crippen LogP contribution in [0.3, 0.4) is 0 Å². The van der Waals surface area contributed by atoms with E-state index >= 15 is 0 Å². The highest BCUT2D eigenvalue weighted by Crippen LogP contribution is 2.32. The van der Waals surface area contributed by atoms with E-state index in [1.807, 2.05) is 24.3 Å². The molecule has 0 spiro atoms. The molecule has 2 saturated heterocycles. The van der Waals surface area contributed by atoms with Crippen molar-refractivity contribution in [3.63, 3.8) is 0 Å². The smallest absolute Gasteiger partial charge is 0.264 e. The molecule has 1 unspecified atom stereocenters. The Morgan fingerprint density at radius 3 is 2.25 bits per heavy atom. The van der Waals surface area contributed by atoms with Crippen LogP contribution in [0.2, 0.25) is 0 Å². The summed E-state index contributed by atoms with van der Waals surface area (Å²) in [6, 6.07) is 11.7. The Balaban J connectivity index is 0.813. The number of carbonyl (C=O) groups excluding carboxylic acids is 6. The molecular formula is C40H55N7O10. The van der Waals surface area contributed by atoms with Gasteiger partial charge in [-0.2, -0.15) is 0 Å². The van der Waals surface area contributed by atoms with Gasteiger partial charge in [0.1, 0.15) is 6.04 Å². The van der Waals surface area contributed by atoms with Crippen LogP contribution in [0.15, 0.2) is 42.5 Å². The number of hydrogen-bond donors (Lipinski definition) is 4. The van der Waals surface area contributed by atoms with Crippen molar-refractivity contribution in [2.75, 3.05) is 116 Å². The van der Waals surface area contributed by atoms with Crippen molar-refractivity contribution < 1.29 is 47.7 Å². The van der Waals surface area contributed by atoms with Gasteiger partial charge in [0.25, 0.3) is 17.7 Å². The summed E-state index contributed by atoms with van der Waals surface area (Å²) in [5.41, 5.74) is 2.66. The standard InChI is InChI=1S/C40H55N7O10/c1-45(38(51)29-7-9-30(10-8-29)46-19-3-14-41-16-20-46)18-4-15-43-34(48)13-21-54-23-25-56-27-28-57-26-24-55-22-17-42-32-6-2-5-31-36(32)40(53)47(39(31)52)33-11-12-35(49)44-37(33)50/h2,5-10,33,41-42H,3-4,11-28H2,1H3,(H,43,48)(H,44,49,50). The third-order valence-electron chi connectivity index (χ3n) is 9.78. The van der Waals surface area contributed by atoms with Crippen LogP contribution in [0.4, 0.5) is 11.4 Å². The second-order valence-corrected chi connectivity index (χ2v) is 13.9. The van der Waals surface area contributed by atoms with Crippen LogP contribution in [0, 0.1) is 0 Å². The highest BCUT2D eigenvalue weighted by molar-refractivity contribution is 6.25. The summed E-state index contributed by atoms with van der Waals surface area (Å²) in [6.07, 6.45) is 2.13. The fourth-order valence-electron chi connectivity index (χ4n) is 6.72. The van der Waals surface area contributed by atoms with E-state index in [4.69, 9.17) is 18.9 Å². The summed E-state index contributed by atoms with van der Waals surface area (Å²) in [4.78, 5) is 80.0. The first kappa shape index (κ1) is 43.2. The summed E-state index contributed by atoms with van der Waals surface area (Å²) < 4.78 is 22.1. The number of nitrogens with zero attached hydrogens (tertiary/aromatic N) is 3. The largest absolute Gasteiger partial charge is 0.382 e. The van der Waals surface area contributed by atoms with Crippen molar-refractivity contribution in [1.29, 1.82) is 0 Å². The maximum absolute atomic E-state index is 13.2. The molecule has 1 atom stereocenters. The molecule has 3 aliphatic rings. The van der Waals surface area contributed by atoms with Gasteiger partial charge in [0.2, 0.25) is 17.7 Å². The number of carbonyl (C=O) groups is 6. The zero-order valence-electron chi connectivity index (χ0n) is 32.7. The molecule has 0 radical (unpaired) electrons. The second-order valence-electron chi connectivity index (χ2n) is 13.9. The lowest BCUT2D eigenvalue weighted by atomic mass is 10.0.